The molecule has 0 aromatic heterocycles. The van der Waals surface area contributed by atoms with Gasteiger partial charge in [0.25, 0.3) is 0 Å². The van der Waals surface area contributed by atoms with Crippen LogP contribution < -0.4 is 0 Å². The number of carbonyl (C=O) groups is 1. The standard InChI is InChI=1S/C28H54BrO9P/c1-4-5-6-7-8-9-10-11-12-13-14-15-16-17-18-19-21-34-27-26(37-24(2)30)25(38-28(27)33-3)23-36-39(31,32)35-22-20-29/h25-28H,4-23H2,1-3H3,(H,31,32)/t25-,26+,27-,28-/m1/s1. The zero-order chi connectivity index (χ0) is 28.8. The summed E-state index contributed by atoms with van der Waals surface area (Å²) in [5.74, 6) is -0.510. The number of carbonyl (C=O) groups excluding carboxylic acids is 1. The summed E-state index contributed by atoms with van der Waals surface area (Å²) >= 11 is 3.12. The molecule has 232 valence electrons. The number of phosphoric ester groups is 1. The molecule has 1 fully saturated rings. The van der Waals surface area contributed by atoms with E-state index in [0.29, 0.717) is 11.9 Å². The van der Waals surface area contributed by atoms with Crippen LogP contribution in [0.15, 0.2) is 0 Å². The van der Waals surface area contributed by atoms with Crippen LogP contribution in [-0.4, -0.2) is 67.7 Å². The zero-order valence-electron chi connectivity index (χ0n) is 24.5. The molecule has 0 amide bonds. The van der Waals surface area contributed by atoms with Gasteiger partial charge in [0.1, 0.15) is 12.2 Å². The number of ether oxygens (including phenoxy) is 4. The summed E-state index contributed by atoms with van der Waals surface area (Å²) in [6.45, 7) is 3.73. The highest BCUT2D eigenvalue weighted by molar-refractivity contribution is 9.09. The minimum Gasteiger partial charge on any atom is -0.457 e. The highest BCUT2D eigenvalue weighted by atomic mass is 79.9. The predicted molar refractivity (Wildman–Crippen MR) is 156 cm³/mol. The van der Waals surface area contributed by atoms with Crippen molar-refractivity contribution in [2.24, 2.45) is 0 Å². The van der Waals surface area contributed by atoms with Crippen molar-refractivity contribution in [3.8, 4) is 0 Å². The number of hydrogen-bond donors (Lipinski definition) is 1. The van der Waals surface area contributed by atoms with Gasteiger partial charge in [-0.2, -0.15) is 0 Å². The fraction of sp³-hybridized carbons (Fsp3) is 0.964. The smallest absolute Gasteiger partial charge is 0.457 e. The molecule has 1 N–H and O–H groups in total. The van der Waals surface area contributed by atoms with Crippen LogP contribution >= 0.6 is 23.8 Å². The Morgan fingerprint density at radius 3 is 1.79 bits per heavy atom. The average molecular weight is 646 g/mol. The van der Waals surface area contributed by atoms with Gasteiger partial charge in [-0.3, -0.25) is 13.8 Å². The van der Waals surface area contributed by atoms with Crippen LogP contribution in [0.25, 0.3) is 0 Å². The van der Waals surface area contributed by atoms with Gasteiger partial charge in [-0.05, 0) is 6.42 Å². The lowest BCUT2D eigenvalue weighted by Crippen LogP contribution is -2.40. The first-order chi connectivity index (χ1) is 18.8. The van der Waals surface area contributed by atoms with Crippen LogP contribution in [0.3, 0.4) is 0 Å². The summed E-state index contributed by atoms with van der Waals surface area (Å²) in [6.07, 6.45) is 17.6. The first-order valence-corrected chi connectivity index (χ1v) is 17.6. The minimum atomic E-state index is -4.26. The third-order valence-electron chi connectivity index (χ3n) is 6.84. The van der Waals surface area contributed by atoms with Gasteiger partial charge in [0.05, 0.1) is 13.2 Å². The van der Waals surface area contributed by atoms with Gasteiger partial charge in [0.2, 0.25) is 0 Å². The van der Waals surface area contributed by atoms with E-state index in [4.69, 9.17) is 28.0 Å². The first kappa shape index (κ1) is 37.0. The number of phosphoric acid groups is 1. The Bertz CT molecular complexity index is 655. The number of rotatable bonds is 26. The van der Waals surface area contributed by atoms with Gasteiger partial charge in [-0.15, -0.1) is 0 Å². The van der Waals surface area contributed by atoms with Gasteiger partial charge in [-0.25, -0.2) is 4.57 Å². The third-order valence-corrected chi connectivity index (χ3v) is 8.15. The lowest BCUT2D eigenvalue weighted by atomic mass is 10.0. The molecule has 0 spiro atoms. The molecule has 0 radical (unpaired) electrons. The lowest BCUT2D eigenvalue weighted by molar-refractivity contribution is -0.167. The molecule has 0 aliphatic carbocycles. The largest absolute Gasteiger partial charge is 0.472 e. The maximum absolute atomic E-state index is 12.0. The number of unbranched alkanes of at least 4 members (excludes halogenated alkanes) is 15. The predicted octanol–water partition coefficient (Wildman–Crippen LogP) is 7.46. The van der Waals surface area contributed by atoms with Crippen LogP contribution in [-0.2, 0) is 37.4 Å². The fourth-order valence-corrected chi connectivity index (χ4v) is 5.89. The Morgan fingerprint density at radius 1 is 0.821 bits per heavy atom. The molecule has 39 heavy (non-hydrogen) atoms. The summed E-state index contributed by atoms with van der Waals surface area (Å²) in [7, 11) is -2.79. The van der Waals surface area contributed by atoms with Gasteiger partial charge in [0, 0.05) is 26.0 Å². The molecule has 0 saturated carbocycles. The summed E-state index contributed by atoms with van der Waals surface area (Å²) in [5, 5.41) is 0.387. The molecule has 1 aliphatic heterocycles. The van der Waals surface area contributed by atoms with Crippen LogP contribution in [0, 0.1) is 0 Å². The van der Waals surface area contributed by atoms with Gasteiger partial charge in [0.15, 0.2) is 12.4 Å². The molecule has 1 aliphatic rings. The molecule has 1 saturated heterocycles. The molecular formula is C28H54BrO9P. The minimum absolute atomic E-state index is 0.0123. The van der Waals surface area contributed by atoms with Gasteiger partial charge >= 0.3 is 13.8 Å². The van der Waals surface area contributed by atoms with Gasteiger partial charge < -0.3 is 23.8 Å². The molecule has 0 aromatic carbocycles. The normalized spacial score (nSPS) is 22.7. The van der Waals surface area contributed by atoms with E-state index in [1.807, 2.05) is 0 Å². The Balaban J connectivity index is 2.20. The molecule has 1 heterocycles. The second-order valence-corrected chi connectivity index (χ2v) is 12.5. The average Bonchev–Trinajstić information content (AvgIpc) is 3.23. The van der Waals surface area contributed by atoms with Crippen molar-refractivity contribution in [1.82, 2.24) is 0 Å². The van der Waals surface area contributed by atoms with Gasteiger partial charge in [-0.1, -0.05) is 119 Å². The van der Waals surface area contributed by atoms with E-state index in [2.05, 4.69) is 22.9 Å². The summed E-state index contributed by atoms with van der Waals surface area (Å²) in [4.78, 5) is 21.5. The molecule has 9 nitrogen and oxygen atoms in total. The zero-order valence-corrected chi connectivity index (χ0v) is 27.0. The Hall–Kier alpha value is -0.0600. The third kappa shape index (κ3) is 18.2. The van der Waals surface area contributed by atoms with Crippen molar-refractivity contribution in [3.05, 3.63) is 0 Å². The SMILES string of the molecule is CCCCCCCCCCCCCCCCCCO[C@H]1[C@H](OC)O[C@H](COP(=O)(O)OCCBr)[C@@H]1OC(C)=O. The summed E-state index contributed by atoms with van der Waals surface area (Å²) in [6, 6.07) is 0. The number of methoxy groups -OCH3 is 1. The van der Waals surface area contributed by atoms with Crippen LogP contribution in [0.4, 0.5) is 0 Å². The highest BCUT2D eigenvalue weighted by Crippen LogP contribution is 2.44. The van der Waals surface area contributed by atoms with E-state index in [1.165, 1.54) is 104 Å². The number of halogens is 1. The lowest BCUT2D eigenvalue weighted by Gasteiger charge is -2.24. The Morgan fingerprint density at radius 2 is 1.33 bits per heavy atom. The van der Waals surface area contributed by atoms with E-state index in [0.717, 1.165) is 12.8 Å². The van der Waals surface area contributed by atoms with E-state index in [9.17, 15) is 14.3 Å². The summed E-state index contributed by atoms with van der Waals surface area (Å²) < 4.78 is 44.5. The maximum Gasteiger partial charge on any atom is 0.472 e. The monoisotopic (exact) mass is 644 g/mol. The van der Waals surface area contributed by atoms with E-state index in [-0.39, 0.29) is 13.2 Å². The molecule has 0 aromatic rings. The van der Waals surface area contributed by atoms with Crippen LogP contribution in [0.5, 0.6) is 0 Å². The number of hydrogen-bond acceptors (Lipinski definition) is 8. The van der Waals surface area contributed by atoms with Crippen molar-refractivity contribution in [3.63, 3.8) is 0 Å². The first-order valence-electron chi connectivity index (χ1n) is 15.0. The van der Waals surface area contributed by atoms with Crippen molar-refractivity contribution in [2.45, 2.75) is 141 Å². The summed E-state index contributed by atoms with van der Waals surface area (Å²) in [5.41, 5.74) is 0. The Labute approximate surface area is 245 Å². The van der Waals surface area contributed by atoms with Crippen molar-refractivity contribution in [1.29, 1.82) is 0 Å². The van der Waals surface area contributed by atoms with Crippen LogP contribution in [0.2, 0.25) is 0 Å². The molecule has 5 atom stereocenters. The van der Waals surface area contributed by atoms with Crippen molar-refractivity contribution >= 4 is 29.7 Å². The number of alkyl halides is 1. The number of esters is 1. The highest BCUT2D eigenvalue weighted by Gasteiger charge is 2.49. The maximum atomic E-state index is 12.0. The van der Waals surface area contributed by atoms with Crippen molar-refractivity contribution in [2.75, 3.05) is 32.3 Å². The molecule has 0 bridgehead atoms. The van der Waals surface area contributed by atoms with Crippen molar-refractivity contribution < 1.29 is 42.2 Å². The fourth-order valence-electron chi connectivity index (χ4n) is 4.75. The molecular weight excluding hydrogens is 591 g/mol. The quantitative estimate of drug-likeness (QED) is 0.0444. The van der Waals surface area contributed by atoms with E-state index >= 15 is 0 Å². The molecule has 1 unspecified atom stereocenters. The molecule has 11 heteroatoms. The van der Waals surface area contributed by atoms with Crippen LogP contribution in [0.1, 0.15) is 117 Å². The molecule has 1 rings (SSSR count). The second kappa shape index (κ2) is 23.5. The van der Waals surface area contributed by atoms with E-state index < -0.39 is 38.4 Å². The topological polar surface area (TPSA) is 110 Å². The Kier molecular flexibility index (Phi) is 22.3. The van der Waals surface area contributed by atoms with E-state index in [1.54, 1.807) is 0 Å². The second-order valence-electron chi connectivity index (χ2n) is 10.3.